The smallest absolute Gasteiger partial charge is 0.287 e. The van der Waals surface area contributed by atoms with E-state index in [-0.39, 0.29) is 23.5 Å². The lowest BCUT2D eigenvalue weighted by molar-refractivity contribution is -0.124. The summed E-state index contributed by atoms with van der Waals surface area (Å²) in [7, 11) is 1.60. The zero-order valence-corrected chi connectivity index (χ0v) is 15.8. The first-order valence-corrected chi connectivity index (χ1v) is 9.71. The van der Waals surface area contributed by atoms with Crippen molar-refractivity contribution in [1.29, 1.82) is 0 Å². The standard InChI is InChI=1S/C21H24N4O3/c1-22-21(27)19(13-5-3-2-4-6-13)25-20(26)18-10-9-17(28-18)14-7-8-15-16(11-14)24-12-23-15/h7-13,19H,2-6H2,1H3,(H,22,27)(H,23,24)(H,25,26)/t19-/m0/s1. The number of carbonyl (C=O) groups is 2. The van der Waals surface area contributed by atoms with Crippen molar-refractivity contribution in [3.8, 4) is 11.3 Å². The minimum Gasteiger partial charge on any atom is -0.451 e. The molecule has 28 heavy (non-hydrogen) atoms. The number of fused-ring (bicyclic) bond motifs is 1. The Hall–Kier alpha value is -3.09. The number of hydrogen-bond donors (Lipinski definition) is 3. The first kappa shape index (κ1) is 18.3. The number of aromatic amines is 1. The first-order chi connectivity index (χ1) is 13.7. The fourth-order valence-corrected chi connectivity index (χ4v) is 3.94. The second-order valence-corrected chi connectivity index (χ2v) is 7.26. The summed E-state index contributed by atoms with van der Waals surface area (Å²) >= 11 is 0. The van der Waals surface area contributed by atoms with E-state index in [2.05, 4.69) is 20.6 Å². The molecule has 0 aliphatic heterocycles. The highest BCUT2D eigenvalue weighted by Gasteiger charge is 2.31. The van der Waals surface area contributed by atoms with Gasteiger partial charge in [0.1, 0.15) is 11.8 Å². The fraction of sp³-hybridized carbons (Fsp3) is 0.381. The molecule has 3 aromatic rings. The molecule has 2 amide bonds. The Balaban J connectivity index is 1.51. The lowest BCUT2D eigenvalue weighted by Gasteiger charge is -2.29. The van der Waals surface area contributed by atoms with Crippen LogP contribution in [0.4, 0.5) is 0 Å². The predicted molar refractivity (Wildman–Crippen MR) is 106 cm³/mol. The third kappa shape index (κ3) is 3.65. The maximum Gasteiger partial charge on any atom is 0.287 e. The molecule has 2 aromatic heterocycles. The van der Waals surface area contributed by atoms with Gasteiger partial charge in [-0.3, -0.25) is 9.59 Å². The zero-order chi connectivity index (χ0) is 19.5. The van der Waals surface area contributed by atoms with Gasteiger partial charge < -0.3 is 20.0 Å². The van der Waals surface area contributed by atoms with Gasteiger partial charge >= 0.3 is 0 Å². The van der Waals surface area contributed by atoms with Gasteiger partial charge in [0.05, 0.1) is 17.4 Å². The molecule has 1 aliphatic carbocycles. The number of nitrogens with zero attached hydrogens (tertiary/aromatic N) is 1. The summed E-state index contributed by atoms with van der Waals surface area (Å²) in [5.41, 5.74) is 2.62. The van der Waals surface area contributed by atoms with Gasteiger partial charge in [-0.25, -0.2) is 4.98 Å². The molecule has 0 unspecified atom stereocenters. The van der Waals surface area contributed by atoms with E-state index in [9.17, 15) is 9.59 Å². The Labute approximate surface area is 162 Å². The van der Waals surface area contributed by atoms with Gasteiger partial charge in [0, 0.05) is 12.6 Å². The van der Waals surface area contributed by atoms with Crippen molar-refractivity contribution in [2.24, 2.45) is 5.92 Å². The van der Waals surface area contributed by atoms with Crippen LogP contribution in [-0.4, -0.2) is 34.9 Å². The Bertz CT molecular complexity index is 984. The Morgan fingerprint density at radius 2 is 2.00 bits per heavy atom. The molecule has 0 saturated heterocycles. The molecule has 0 radical (unpaired) electrons. The summed E-state index contributed by atoms with van der Waals surface area (Å²) in [4.78, 5) is 32.3. The zero-order valence-electron chi connectivity index (χ0n) is 15.8. The van der Waals surface area contributed by atoms with Crippen LogP contribution in [0.2, 0.25) is 0 Å². The van der Waals surface area contributed by atoms with Crippen molar-refractivity contribution in [2.75, 3.05) is 7.05 Å². The summed E-state index contributed by atoms with van der Waals surface area (Å²) < 4.78 is 5.78. The maximum atomic E-state index is 12.7. The van der Waals surface area contributed by atoms with Gasteiger partial charge in [0.25, 0.3) is 5.91 Å². The molecule has 0 spiro atoms. The normalized spacial score (nSPS) is 16.0. The van der Waals surface area contributed by atoms with Gasteiger partial charge in [-0.1, -0.05) is 19.3 Å². The molecule has 7 heteroatoms. The monoisotopic (exact) mass is 380 g/mol. The number of benzene rings is 1. The number of nitrogens with one attached hydrogen (secondary N) is 3. The summed E-state index contributed by atoms with van der Waals surface area (Å²) in [5, 5.41) is 5.55. The largest absolute Gasteiger partial charge is 0.451 e. The number of rotatable bonds is 5. The van der Waals surface area contributed by atoms with Crippen molar-refractivity contribution in [1.82, 2.24) is 20.6 Å². The lowest BCUT2D eigenvalue weighted by atomic mass is 9.83. The Morgan fingerprint density at radius 1 is 1.18 bits per heavy atom. The van der Waals surface area contributed by atoms with E-state index in [0.717, 1.165) is 42.3 Å². The number of imidazole rings is 1. The average molecular weight is 380 g/mol. The minimum absolute atomic E-state index is 0.156. The van der Waals surface area contributed by atoms with E-state index < -0.39 is 6.04 Å². The van der Waals surface area contributed by atoms with Gasteiger partial charge in [-0.2, -0.15) is 0 Å². The molecule has 4 rings (SSSR count). The molecule has 2 heterocycles. The second kappa shape index (κ2) is 7.88. The SMILES string of the molecule is CNC(=O)[C@@H](NC(=O)c1ccc(-c2ccc3nc[nH]c3c2)o1)C1CCCCC1. The molecule has 0 bridgehead atoms. The quantitative estimate of drug-likeness (QED) is 0.632. The van der Waals surface area contributed by atoms with Crippen LogP contribution >= 0.6 is 0 Å². The predicted octanol–water partition coefficient (Wildman–Crippen LogP) is 3.25. The molecule has 1 fully saturated rings. The highest BCUT2D eigenvalue weighted by molar-refractivity contribution is 5.96. The summed E-state index contributed by atoms with van der Waals surface area (Å²) in [6.45, 7) is 0. The maximum absolute atomic E-state index is 12.7. The van der Waals surface area contributed by atoms with Gasteiger partial charge in [0.15, 0.2) is 5.76 Å². The van der Waals surface area contributed by atoms with Crippen molar-refractivity contribution in [3.63, 3.8) is 0 Å². The first-order valence-electron chi connectivity index (χ1n) is 9.71. The molecule has 1 saturated carbocycles. The molecular weight excluding hydrogens is 356 g/mol. The van der Waals surface area contributed by atoms with Crippen LogP contribution in [0.3, 0.4) is 0 Å². The highest BCUT2D eigenvalue weighted by Crippen LogP contribution is 2.28. The number of likely N-dealkylation sites (N-methyl/N-ethyl adjacent to an activating group) is 1. The number of aromatic nitrogens is 2. The van der Waals surface area contributed by atoms with E-state index in [4.69, 9.17) is 4.42 Å². The van der Waals surface area contributed by atoms with Gasteiger partial charge in [0.2, 0.25) is 5.91 Å². The third-order valence-corrected chi connectivity index (χ3v) is 5.47. The van der Waals surface area contributed by atoms with Gasteiger partial charge in [-0.05, 0) is 49.1 Å². The number of furan rings is 1. The molecular formula is C21H24N4O3. The fourth-order valence-electron chi connectivity index (χ4n) is 3.94. The van der Waals surface area contributed by atoms with Gasteiger partial charge in [-0.15, -0.1) is 0 Å². The number of H-pyrrole nitrogens is 1. The van der Waals surface area contributed by atoms with Crippen LogP contribution in [0.15, 0.2) is 41.1 Å². The highest BCUT2D eigenvalue weighted by atomic mass is 16.4. The van der Waals surface area contributed by atoms with Crippen LogP contribution in [0.1, 0.15) is 42.7 Å². The van der Waals surface area contributed by atoms with E-state index >= 15 is 0 Å². The van der Waals surface area contributed by atoms with Crippen LogP contribution in [-0.2, 0) is 4.79 Å². The summed E-state index contributed by atoms with van der Waals surface area (Å²) in [5.74, 6) is 0.430. The minimum atomic E-state index is -0.535. The topological polar surface area (TPSA) is 100 Å². The molecule has 1 aliphatic rings. The summed E-state index contributed by atoms with van der Waals surface area (Å²) in [6, 6.07) is 8.60. The van der Waals surface area contributed by atoms with E-state index in [1.54, 1.807) is 25.5 Å². The number of hydrogen-bond acceptors (Lipinski definition) is 4. The average Bonchev–Trinajstić information content (AvgIpc) is 3.40. The van der Waals surface area contributed by atoms with Crippen molar-refractivity contribution in [2.45, 2.75) is 38.1 Å². The second-order valence-electron chi connectivity index (χ2n) is 7.26. The van der Waals surface area contributed by atoms with E-state index in [1.165, 1.54) is 6.42 Å². The number of amides is 2. The third-order valence-electron chi connectivity index (χ3n) is 5.47. The molecule has 146 valence electrons. The molecule has 1 aromatic carbocycles. The molecule has 3 N–H and O–H groups in total. The van der Waals surface area contributed by atoms with Crippen molar-refractivity contribution >= 4 is 22.8 Å². The van der Waals surface area contributed by atoms with Crippen LogP contribution < -0.4 is 10.6 Å². The van der Waals surface area contributed by atoms with E-state index in [0.29, 0.717) is 5.76 Å². The molecule has 7 nitrogen and oxygen atoms in total. The summed E-state index contributed by atoms with van der Waals surface area (Å²) in [6.07, 6.45) is 6.91. The van der Waals surface area contributed by atoms with Crippen molar-refractivity contribution < 1.29 is 14.0 Å². The number of carbonyl (C=O) groups excluding carboxylic acids is 2. The Morgan fingerprint density at radius 3 is 2.79 bits per heavy atom. The van der Waals surface area contributed by atoms with Crippen LogP contribution in [0.5, 0.6) is 0 Å². The Kier molecular flexibility index (Phi) is 5.14. The van der Waals surface area contributed by atoms with Crippen LogP contribution in [0, 0.1) is 5.92 Å². The van der Waals surface area contributed by atoms with Crippen LogP contribution in [0.25, 0.3) is 22.4 Å². The van der Waals surface area contributed by atoms with E-state index in [1.807, 2.05) is 18.2 Å². The molecule has 1 atom stereocenters. The lowest BCUT2D eigenvalue weighted by Crippen LogP contribution is -2.50. The van der Waals surface area contributed by atoms with Crippen molar-refractivity contribution in [3.05, 3.63) is 42.4 Å².